The third kappa shape index (κ3) is 2.69. The van der Waals surface area contributed by atoms with Gasteiger partial charge in [0.25, 0.3) is 0 Å². The summed E-state index contributed by atoms with van der Waals surface area (Å²) in [6.07, 6.45) is 3.38. The Hall–Kier alpha value is -1.86. The molecule has 0 aliphatic rings. The van der Waals surface area contributed by atoms with Crippen molar-refractivity contribution in [2.75, 3.05) is 5.32 Å². The molecule has 0 atom stereocenters. The molecule has 4 N–H and O–H groups in total. The van der Waals surface area contributed by atoms with Crippen molar-refractivity contribution in [3.05, 3.63) is 42.0 Å². The van der Waals surface area contributed by atoms with Crippen LogP contribution >= 0.6 is 0 Å². The van der Waals surface area contributed by atoms with E-state index >= 15 is 0 Å². The highest BCUT2D eigenvalue weighted by Crippen LogP contribution is 2.22. The summed E-state index contributed by atoms with van der Waals surface area (Å²) in [7, 11) is -3.69. The second-order valence-corrected chi connectivity index (χ2v) is 5.39. The van der Waals surface area contributed by atoms with Gasteiger partial charge in [-0.3, -0.25) is 0 Å². The highest BCUT2D eigenvalue weighted by atomic mass is 32.2. The maximum atomic E-state index is 11.4. The Morgan fingerprint density at radius 1 is 1.44 bits per heavy atom. The van der Waals surface area contributed by atoms with Crippen molar-refractivity contribution in [2.24, 2.45) is 5.14 Å². The Morgan fingerprint density at radius 3 is 2.83 bits per heavy atom. The summed E-state index contributed by atoms with van der Waals surface area (Å²) in [6.45, 7) is 2.20. The normalized spacial score (nSPS) is 11.4. The molecule has 0 amide bonds. The molecule has 96 valence electrons. The fraction of sp³-hybridized carbons (Fsp3) is 0.182. The summed E-state index contributed by atoms with van der Waals surface area (Å²) < 4.78 is 22.7. The van der Waals surface area contributed by atoms with Gasteiger partial charge in [0.05, 0.1) is 11.4 Å². The molecule has 0 fully saturated rings. The van der Waals surface area contributed by atoms with E-state index in [4.69, 9.17) is 5.14 Å². The van der Waals surface area contributed by atoms with E-state index in [2.05, 4.69) is 15.3 Å². The van der Waals surface area contributed by atoms with Gasteiger partial charge in [-0.1, -0.05) is 6.07 Å². The van der Waals surface area contributed by atoms with Crippen LogP contribution in [0.4, 0.5) is 5.69 Å². The number of H-pyrrole nitrogens is 1. The average molecular weight is 266 g/mol. The lowest BCUT2D eigenvalue weighted by atomic mass is 10.2. The molecule has 0 unspecified atom stereocenters. The number of nitrogens with zero attached hydrogens (tertiary/aromatic N) is 1. The maximum Gasteiger partial charge on any atom is 0.238 e. The van der Waals surface area contributed by atoms with Crippen LogP contribution in [0.25, 0.3) is 0 Å². The van der Waals surface area contributed by atoms with E-state index in [-0.39, 0.29) is 4.90 Å². The lowest BCUT2D eigenvalue weighted by Gasteiger charge is -2.11. The second kappa shape index (κ2) is 4.79. The Kier molecular flexibility index (Phi) is 3.35. The Morgan fingerprint density at radius 2 is 2.22 bits per heavy atom. The number of hydrogen-bond donors (Lipinski definition) is 3. The van der Waals surface area contributed by atoms with Crippen molar-refractivity contribution in [1.29, 1.82) is 0 Å². The number of anilines is 1. The molecule has 0 bridgehead atoms. The highest BCUT2D eigenvalue weighted by Gasteiger charge is 2.13. The fourth-order valence-electron chi connectivity index (χ4n) is 1.69. The van der Waals surface area contributed by atoms with E-state index in [9.17, 15) is 8.42 Å². The minimum Gasteiger partial charge on any atom is -0.378 e. The number of benzene rings is 1. The molecular weight excluding hydrogens is 252 g/mol. The molecule has 1 aromatic carbocycles. The Balaban J connectivity index is 2.24. The summed E-state index contributed by atoms with van der Waals surface area (Å²) in [5, 5.41) is 8.26. The van der Waals surface area contributed by atoms with Crippen LogP contribution in [0.2, 0.25) is 0 Å². The topological polar surface area (TPSA) is 101 Å². The molecule has 1 heterocycles. The smallest absolute Gasteiger partial charge is 0.238 e. The number of aromatic amines is 1. The molecule has 0 aliphatic heterocycles. The van der Waals surface area contributed by atoms with Crippen LogP contribution in [0, 0.1) is 6.92 Å². The standard InChI is InChI=1S/C11H14N4O2S/c1-8-9(15-7-11-13-5-6-14-11)3-2-4-10(8)18(12,16)17/h2-6,15H,7H2,1H3,(H,13,14)(H2,12,16,17). The molecule has 0 spiro atoms. The van der Waals surface area contributed by atoms with Crippen LogP contribution in [-0.4, -0.2) is 18.4 Å². The van der Waals surface area contributed by atoms with Gasteiger partial charge in [0.15, 0.2) is 0 Å². The quantitative estimate of drug-likeness (QED) is 0.767. The maximum absolute atomic E-state index is 11.4. The highest BCUT2D eigenvalue weighted by molar-refractivity contribution is 7.89. The Labute approximate surface area is 105 Å². The van der Waals surface area contributed by atoms with Crippen LogP contribution in [0.3, 0.4) is 0 Å². The van der Waals surface area contributed by atoms with Gasteiger partial charge in [0, 0.05) is 18.1 Å². The van der Waals surface area contributed by atoms with E-state index in [0.29, 0.717) is 12.1 Å². The van der Waals surface area contributed by atoms with Crippen LogP contribution < -0.4 is 10.5 Å². The molecule has 0 aliphatic carbocycles. The number of nitrogens with two attached hydrogens (primary N) is 1. The van der Waals surface area contributed by atoms with Crippen molar-refractivity contribution in [3.8, 4) is 0 Å². The van der Waals surface area contributed by atoms with Gasteiger partial charge in [-0.15, -0.1) is 0 Å². The van der Waals surface area contributed by atoms with Crippen LogP contribution in [-0.2, 0) is 16.6 Å². The third-order valence-corrected chi connectivity index (χ3v) is 3.65. The zero-order chi connectivity index (χ0) is 13.2. The minimum absolute atomic E-state index is 0.131. The predicted molar refractivity (Wildman–Crippen MR) is 68.5 cm³/mol. The van der Waals surface area contributed by atoms with Gasteiger partial charge in [-0.25, -0.2) is 18.5 Å². The molecule has 1 aromatic heterocycles. The fourth-order valence-corrected chi connectivity index (χ4v) is 2.49. The number of nitrogens with one attached hydrogen (secondary N) is 2. The van der Waals surface area contributed by atoms with Gasteiger partial charge in [0.2, 0.25) is 10.0 Å². The zero-order valence-corrected chi connectivity index (χ0v) is 10.7. The summed E-state index contributed by atoms with van der Waals surface area (Å²) in [5.74, 6) is 0.774. The van der Waals surface area contributed by atoms with Crippen molar-refractivity contribution in [2.45, 2.75) is 18.4 Å². The van der Waals surface area contributed by atoms with Gasteiger partial charge in [-0.2, -0.15) is 0 Å². The summed E-state index contributed by atoms with van der Waals surface area (Å²) in [6, 6.07) is 4.94. The molecule has 0 saturated carbocycles. The summed E-state index contributed by atoms with van der Waals surface area (Å²) in [5.41, 5.74) is 1.32. The van der Waals surface area contributed by atoms with Crippen LogP contribution in [0.1, 0.15) is 11.4 Å². The monoisotopic (exact) mass is 266 g/mol. The van der Waals surface area contributed by atoms with Crippen molar-refractivity contribution in [1.82, 2.24) is 9.97 Å². The molecular formula is C11H14N4O2S. The summed E-state index contributed by atoms with van der Waals surface area (Å²) in [4.78, 5) is 7.16. The van der Waals surface area contributed by atoms with Crippen molar-refractivity contribution >= 4 is 15.7 Å². The van der Waals surface area contributed by atoms with E-state index in [1.165, 1.54) is 6.07 Å². The number of sulfonamides is 1. The van der Waals surface area contributed by atoms with Crippen LogP contribution in [0.15, 0.2) is 35.5 Å². The lowest BCUT2D eigenvalue weighted by Crippen LogP contribution is -2.14. The van der Waals surface area contributed by atoms with Crippen molar-refractivity contribution in [3.63, 3.8) is 0 Å². The number of primary sulfonamides is 1. The third-order valence-electron chi connectivity index (χ3n) is 2.59. The largest absolute Gasteiger partial charge is 0.378 e. The first-order valence-corrected chi connectivity index (χ1v) is 6.87. The Bertz CT molecular complexity index is 635. The number of hydrogen-bond acceptors (Lipinski definition) is 4. The van der Waals surface area contributed by atoms with E-state index in [1.807, 2.05) is 0 Å². The molecule has 2 aromatic rings. The van der Waals surface area contributed by atoms with E-state index in [1.54, 1.807) is 31.5 Å². The SMILES string of the molecule is Cc1c(NCc2ncc[nH]2)cccc1S(N)(=O)=O. The molecule has 6 nitrogen and oxygen atoms in total. The minimum atomic E-state index is -3.69. The van der Waals surface area contributed by atoms with Gasteiger partial charge in [-0.05, 0) is 24.6 Å². The molecule has 7 heteroatoms. The average Bonchev–Trinajstić information content (AvgIpc) is 2.79. The molecule has 2 rings (SSSR count). The molecule has 18 heavy (non-hydrogen) atoms. The van der Waals surface area contributed by atoms with E-state index < -0.39 is 10.0 Å². The first kappa shape index (κ1) is 12.6. The lowest BCUT2D eigenvalue weighted by molar-refractivity contribution is 0.597. The van der Waals surface area contributed by atoms with Gasteiger partial charge < -0.3 is 10.3 Å². The second-order valence-electron chi connectivity index (χ2n) is 3.86. The van der Waals surface area contributed by atoms with Gasteiger partial charge >= 0.3 is 0 Å². The summed E-state index contributed by atoms with van der Waals surface area (Å²) >= 11 is 0. The molecule has 0 radical (unpaired) electrons. The van der Waals surface area contributed by atoms with Crippen LogP contribution in [0.5, 0.6) is 0 Å². The van der Waals surface area contributed by atoms with Crippen molar-refractivity contribution < 1.29 is 8.42 Å². The first-order valence-electron chi connectivity index (χ1n) is 5.33. The van der Waals surface area contributed by atoms with Gasteiger partial charge in [0.1, 0.15) is 5.82 Å². The number of aromatic nitrogens is 2. The first-order chi connectivity index (χ1) is 8.48. The molecule has 0 saturated heterocycles. The zero-order valence-electron chi connectivity index (χ0n) is 9.84. The number of rotatable bonds is 4. The van der Waals surface area contributed by atoms with E-state index in [0.717, 1.165) is 11.5 Å². The number of imidazole rings is 1. The predicted octanol–water partition coefficient (Wildman–Crippen LogP) is 0.978.